The number of fused-ring (bicyclic) bond motifs is 2. The maximum atomic E-state index is 13.7. The minimum absolute atomic E-state index is 0.122. The summed E-state index contributed by atoms with van der Waals surface area (Å²) in [6.45, 7) is 0. The number of hydrogen-bond donors (Lipinski definition) is 3. The quantitative estimate of drug-likeness (QED) is 0.296. The van der Waals surface area contributed by atoms with Gasteiger partial charge < -0.3 is 19.8 Å². The number of benzene rings is 3. The second-order valence-corrected chi connectivity index (χ2v) is 12.3. The zero-order valence-electron chi connectivity index (χ0n) is 22.0. The molecule has 1 atom stereocenters. The summed E-state index contributed by atoms with van der Waals surface area (Å²) < 4.78 is 48.2. The van der Waals surface area contributed by atoms with Crippen LogP contribution in [0.15, 0.2) is 59.0 Å². The van der Waals surface area contributed by atoms with Gasteiger partial charge in [-0.2, -0.15) is 0 Å². The molecule has 2 aliphatic rings. The highest BCUT2D eigenvalue weighted by Crippen LogP contribution is 2.50. The highest BCUT2D eigenvalue weighted by Gasteiger charge is 2.39. The third-order valence-corrected chi connectivity index (χ3v) is 9.01. The molecule has 3 aromatic carbocycles. The molecule has 0 radical (unpaired) electrons. The number of furan rings is 1. The molecule has 6 rings (SSSR count). The van der Waals surface area contributed by atoms with E-state index in [1.54, 1.807) is 18.2 Å². The van der Waals surface area contributed by atoms with Gasteiger partial charge in [-0.15, -0.1) is 0 Å². The van der Waals surface area contributed by atoms with Crippen molar-refractivity contribution in [1.82, 2.24) is 5.32 Å². The third-order valence-electron chi connectivity index (χ3n) is 7.85. The van der Waals surface area contributed by atoms with E-state index >= 15 is 0 Å². The molecule has 0 aliphatic heterocycles. The highest BCUT2D eigenvalue weighted by molar-refractivity contribution is 7.92. The number of carbonyl (C=O) groups is 1. The lowest BCUT2D eigenvalue weighted by Crippen LogP contribution is -2.35. The zero-order chi connectivity index (χ0) is 28.3. The smallest absolute Gasteiger partial charge is 0.455 e. The Labute approximate surface area is 231 Å². The van der Waals surface area contributed by atoms with Crippen LogP contribution in [0, 0.1) is 5.82 Å². The molecule has 0 saturated heterocycles. The average molecular weight is 562 g/mol. The number of sulfonamides is 1. The molecule has 2 aliphatic carbocycles. The van der Waals surface area contributed by atoms with Crippen molar-refractivity contribution in [3.63, 3.8) is 0 Å². The molecule has 3 N–H and O–H groups in total. The van der Waals surface area contributed by atoms with Crippen molar-refractivity contribution in [1.29, 1.82) is 0 Å². The van der Waals surface area contributed by atoms with Crippen molar-refractivity contribution in [3.8, 4) is 11.3 Å². The first-order chi connectivity index (χ1) is 19.1. The van der Waals surface area contributed by atoms with E-state index in [0.29, 0.717) is 46.1 Å². The van der Waals surface area contributed by atoms with Crippen LogP contribution < -0.4 is 15.1 Å². The Hall–Kier alpha value is -3.67. The second kappa shape index (κ2) is 9.76. The normalized spacial score (nSPS) is 16.7. The maximum absolute atomic E-state index is 13.7. The van der Waals surface area contributed by atoms with Gasteiger partial charge in [0, 0.05) is 24.1 Å². The molecule has 1 saturated carbocycles. The van der Waals surface area contributed by atoms with Crippen LogP contribution in [0.2, 0.25) is 0 Å². The van der Waals surface area contributed by atoms with E-state index in [4.69, 9.17) is 4.42 Å². The molecule has 1 aromatic heterocycles. The van der Waals surface area contributed by atoms with Crippen molar-refractivity contribution < 1.29 is 32.1 Å². The topological polar surface area (TPSA) is 120 Å². The molecule has 1 unspecified atom stereocenters. The molecule has 1 amide bonds. The number of amides is 1. The van der Waals surface area contributed by atoms with Gasteiger partial charge in [-0.05, 0) is 84.1 Å². The van der Waals surface area contributed by atoms with Crippen molar-refractivity contribution in [3.05, 3.63) is 82.7 Å². The molecular weight excluding hydrogens is 534 g/mol. The van der Waals surface area contributed by atoms with Crippen LogP contribution in [-0.2, 0) is 16.4 Å². The fourth-order valence-electron chi connectivity index (χ4n) is 5.94. The molecule has 8 nitrogen and oxygen atoms in total. The van der Waals surface area contributed by atoms with Gasteiger partial charge in [0.05, 0.1) is 23.5 Å². The summed E-state index contributed by atoms with van der Waals surface area (Å²) in [6.07, 6.45) is 3.90. The number of anilines is 1. The molecule has 40 heavy (non-hydrogen) atoms. The maximum Gasteiger partial charge on any atom is 0.488 e. The summed E-state index contributed by atoms with van der Waals surface area (Å²) in [6, 6.07) is 13.8. The molecule has 11 heteroatoms. The molecule has 0 bridgehead atoms. The monoisotopic (exact) mass is 562 g/mol. The summed E-state index contributed by atoms with van der Waals surface area (Å²) in [5.74, 6) is -0.395. The van der Waals surface area contributed by atoms with E-state index in [1.165, 1.54) is 41.9 Å². The number of carbonyl (C=O) groups excluding carboxylic acids is 1. The number of hydrogen-bond acceptors (Lipinski definition) is 6. The van der Waals surface area contributed by atoms with Gasteiger partial charge in [-0.1, -0.05) is 18.2 Å². The fraction of sp³-hybridized carbons (Fsp3) is 0.276. The van der Waals surface area contributed by atoms with E-state index in [2.05, 4.69) is 5.32 Å². The molecule has 0 spiro atoms. The van der Waals surface area contributed by atoms with Gasteiger partial charge in [-0.25, -0.2) is 12.8 Å². The minimum Gasteiger partial charge on any atom is -0.455 e. The lowest BCUT2D eigenvalue weighted by Gasteiger charge is -2.31. The second-order valence-electron chi connectivity index (χ2n) is 10.5. The molecule has 4 aromatic rings. The molecule has 1 fully saturated rings. The highest BCUT2D eigenvalue weighted by atomic mass is 32.2. The Bertz CT molecular complexity index is 1750. The predicted octanol–water partition coefficient (Wildman–Crippen LogP) is 3.61. The summed E-state index contributed by atoms with van der Waals surface area (Å²) in [5.41, 5.74) is 4.29. The first kappa shape index (κ1) is 26.6. The summed E-state index contributed by atoms with van der Waals surface area (Å²) in [7, 11) is -3.95. The molecular formula is C29H28BFN2O6S. The lowest BCUT2D eigenvalue weighted by atomic mass is 9.76. The minimum atomic E-state index is -3.81. The molecule has 1 heterocycles. The van der Waals surface area contributed by atoms with Gasteiger partial charge in [0.1, 0.15) is 17.2 Å². The van der Waals surface area contributed by atoms with E-state index in [0.717, 1.165) is 29.5 Å². The van der Waals surface area contributed by atoms with Gasteiger partial charge >= 0.3 is 7.12 Å². The first-order valence-electron chi connectivity index (χ1n) is 13.1. The lowest BCUT2D eigenvalue weighted by molar-refractivity contribution is 0.0964. The number of halogens is 1. The van der Waals surface area contributed by atoms with Crippen molar-refractivity contribution in [2.45, 2.75) is 37.6 Å². The van der Waals surface area contributed by atoms with E-state index in [9.17, 15) is 27.7 Å². The Balaban J connectivity index is 1.58. The van der Waals surface area contributed by atoms with Crippen LogP contribution in [0.25, 0.3) is 22.3 Å². The van der Waals surface area contributed by atoms with E-state index in [1.807, 2.05) is 12.1 Å². The average Bonchev–Trinajstić information content (AvgIpc) is 3.58. The summed E-state index contributed by atoms with van der Waals surface area (Å²) in [5, 5.41) is 23.0. The van der Waals surface area contributed by atoms with E-state index in [-0.39, 0.29) is 17.6 Å². The standard InChI is InChI=1S/C29H28BFN2O6S/c1-32-29(34)27-22-14-21(16-6-7-16)25(15-26(22)39-28(27)17-8-10-18(31)11-9-17)33(40(2,37)38)24-13-12-19-20(24)4-3-5-23(19)30(35)36/h3-5,8-11,14-16,24,35-36H,6-7,12-13H2,1-2H3,(H,32,34). The van der Waals surface area contributed by atoms with E-state index < -0.39 is 29.0 Å². The van der Waals surface area contributed by atoms with Crippen molar-refractivity contribution >= 4 is 45.2 Å². The van der Waals surface area contributed by atoms with Gasteiger partial charge in [0.25, 0.3) is 5.91 Å². The largest absolute Gasteiger partial charge is 0.488 e. The number of nitrogens with one attached hydrogen (secondary N) is 1. The van der Waals surface area contributed by atoms with Crippen LogP contribution in [0.3, 0.4) is 0 Å². The van der Waals surface area contributed by atoms with Gasteiger partial charge in [-0.3, -0.25) is 9.10 Å². The Morgan fingerprint density at radius 1 is 1.07 bits per heavy atom. The van der Waals surface area contributed by atoms with Crippen LogP contribution in [-0.4, -0.2) is 44.8 Å². The third kappa shape index (κ3) is 4.48. The van der Waals surface area contributed by atoms with Gasteiger partial charge in [0.15, 0.2) is 0 Å². The summed E-state index contributed by atoms with van der Waals surface area (Å²) >= 11 is 0. The van der Waals surface area contributed by atoms with Crippen LogP contribution >= 0.6 is 0 Å². The van der Waals surface area contributed by atoms with Gasteiger partial charge in [0.2, 0.25) is 10.0 Å². The Morgan fingerprint density at radius 2 is 1.80 bits per heavy atom. The van der Waals surface area contributed by atoms with Crippen LogP contribution in [0.5, 0.6) is 0 Å². The number of rotatable bonds is 7. The Morgan fingerprint density at radius 3 is 2.42 bits per heavy atom. The van der Waals surface area contributed by atoms with Crippen LogP contribution in [0.1, 0.15) is 58.3 Å². The fourth-order valence-corrected chi connectivity index (χ4v) is 7.14. The SMILES string of the molecule is CNC(=O)c1c(-c2ccc(F)cc2)oc2cc(N(C3CCc4c(B(O)O)cccc43)S(C)(=O)=O)c(C3CC3)cc12. The van der Waals surface area contributed by atoms with Crippen molar-refractivity contribution in [2.75, 3.05) is 17.6 Å². The summed E-state index contributed by atoms with van der Waals surface area (Å²) in [4.78, 5) is 13.1. The molecule has 206 valence electrons. The van der Waals surface area contributed by atoms with Crippen LogP contribution in [0.4, 0.5) is 10.1 Å². The Kier molecular flexibility index (Phi) is 6.48. The predicted molar refractivity (Wildman–Crippen MR) is 152 cm³/mol. The first-order valence-corrected chi connectivity index (χ1v) is 15.0. The van der Waals surface area contributed by atoms with Crippen molar-refractivity contribution in [2.24, 2.45) is 0 Å². The zero-order valence-corrected chi connectivity index (χ0v) is 22.8. The number of nitrogens with zero attached hydrogens (tertiary/aromatic N) is 1.